The van der Waals surface area contributed by atoms with Crippen LogP contribution in [0, 0.1) is 13.8 Å². The second kappa shape index (κ2) is 9.03. The standard InChI is InChI=1S/C22H25N3O2/c1-17-8-9-18(2)20(14-17)27-16-22(26)24-11-10-21-23-12-13-25(21)15-19-6-4-3-5-7-19/h3-9,12-14H,10-11,15-16H2,1-2H3,(H,24,26). The molecule has 2 aromatic carbocycles. The van der Waals surface area contributed by atoms with Gasteiger partial charge in [-0.2, -0.15) is 0 Å². The van der Waals surface area contributed by atoms with E-state index in [-0.39, 0.29) is 12.5 Å². The van der Waals surface area contributed by atoms with Crippen LogP contribution < -0.4 is 10.1 Å². The number of imidazole rings is 1. The first-order chi connectivity index (χ1) is 13.1. The van der Waals surface area contributed by atoms with Crippen LogP contribution in [0.3, 0.4) is 0 Å². The lowest BCUT2D eigenvalue weighted by atomic mass is 10.1. The predicted octanol–water partition coefficient (Wildman–Crippen LogP) is 3.29. The smallest absolute Gasteiger partial charge is 0.257 e. The first-order valence-corrected chi connectivity index (χ1v) is 9.12. The molecule has 1 N–H and O–H groups in total. The van der Waals surface area contributed by atoms with E-state index in [0.29, 0.717) is 13.0 Å². The van der Waals surface area contributed by atoms with E-state index >= 15 is 0 Å². The van der Waals surface area contributed by atoms with Crippen LogP contribution in [-0.2, 0) is 17.8 Å². The summed E-state index contributed by atoms with van der Waals surface area (Å²) in [6, 6.07) is 16.2. The monoisotopic (exact) mass is 363 g/mol. The van der Waals surface area contributed by atoms with Crippen LogP contribution in [0.25, 0.3) is 0 Å². The normalized spacial score (nSPS) is 10.6. The van der Waals surface area contributed by atoms with E-state index < -0.39 is 0 Å². The molecule has 0 bridgehead atoms. The van der Waals surface area contributed by atoms with Crippen LogP contribution in [0.5, 0.6) is 5.75 Å². The molecule has 0 aliphatic carbocycles. The van der Waals surface area contributed by atoms with Crippen LogP contribution >= 0.6 is 0 Å². The van der Waals surface area contributed by atoms with Crippen LogP contribution in [0.15, 0.2) is 60.9 Å². The number of nitrogens with one attached hydrogen (secondary N) is 1. The van der Waals surface area contributed by atoms with Gasteiger partial charge in [-0.05, 0) is 36.6 Å². The minimum Gasteiger partial charge on any atom is -0.483 e. The molecular formula is C22H25N3O2. The van der Waals surface area contributed by atoms with Crippen LogP contribution in [0.2, 0.25) is 0 Å². The Balaban J connectivity index is 1.45. The molecule has 0 atom stereocenters. The molecule has 0 radical (unpaired) electrons. The lowest BCUT2D eigenvalue weighted by Crippen LogP contribution is -2.31. The highest BCUT2D eigenvalue weighted by Gasteiger charge is 2.07. The van der Waals surface area contributed by atoms with Gasteiger partial charge in [-0.1, -0.05) is 42.5 Å². The second-order valence-electron chi connectivity index (χ2n) is 6.61. The largest absolute Gasteiger partial charge is 0.483 e. The van der Waals surface area contributed by atoms with Gasteiger partial charge in [-0.15, -0.1) is 0 Å². The molecule has 3 aromatic rings. The van der Waals surface area contributed by atoms with Crippen molar-refractivity contribution in [3.8, 4) is 5.75 Å². The van der Waals surface area contributed by atoms with Crippen molar-refractivity contribution >= 4 is 5.91 Å². The van der Waals surface area contributed by atoms with Crippen molar-refractivity contribution in [2.45, 2.75) is 26.8 Å². The lowest BCUT2D eigenvalue weighted by Gasteiger charge is -2.11. The summed E-state index contributed by atoms with van der Waals surface area (Å²) in [5.41, 5.74) is 3.36. The summed E-state index contributed by atoms with van der Waals surface area (Å²) in [6.45, 7) is 5.30. The number of carbonyl (C=O) groups excluding carboxylic acids is 1. The van der Waals surface area contributed by atoms with Crippen molar-refractivity contribution in [1.82, 2.24) is 14.9 Å². The Hall–Kier alpha value is -3.08. The van der Waals surface area contributed by atoms with Gasteiger partial charge in [0.1, 0.15) is 11.6 Å². The molecular weight excluding hydrogens is 338 g/mol. The number of nitrogens with zero attached hydrogens (tertiary/aromatic N) is 2. The van der Waals surface area contributed by atoms with E-state index in [9.17, 15) is 4.79 Å². The molecule has 3 rings (SSSR count). The number of carbonyl (C=O) groups is 1. The summed E-state index contributed by atoms with van der Waals surface area (Å²) in [4.78, 5) is 16.5. The maximum absolute atomic E-state index is 12.1. The van der Waals surface area contributed by atoms with Crippen molar-refractivity contribution in [3.05, 3.63) is 83.4 Å². The molecule has 140 valence electrons. The van der Waals surface area contributed by atoms with E-state index in [4.69, 9.17) is 4.74 Å². The molecule has 0 aliphatic rings. The molecule has 0 fully saturated rings. The molecule has 0 unspecified atom stereocenters. The van der Waals surface area contributed by atoms with Gasteiger partial charge >= 0.3 is 0 Å². The quantitative estimate of drug-likeness (QED) is 0.668. The minimum atomic E-state index is -0.128. The number of rotatable bonds is 8. The van der Waals surface area contributed by atoms with Crippen molar-refractivity contribution < 1.29 is 9.53 Å². The van der Waals surface area contributed by atoms with Crippen LogP contribution in [0.4, 0.5) is 0 Å². The number of aromatic nitrogens is 2. The van der Waals surface area contributed by atoms with E-state index in [1.54, 1.807) is 6.20 Å². The zero-order valence-corrected chi connectivity index (χ0v) is 15.8. The second-order valence-corrected chi connectivity index (χ2v) is 6.61. The number of amides is 1. The molecule has 5 nitrogen and oxygen atoms in total. The van der Waals surface area contributed by atoms with E-state index in [0.717, 1.165) is 29.2 Å². The Labute approximate surface area is 160 Å². The van der Waals surface area contributed by atoms with E-state index in [1.807, 2.05) is 56.4 Å². The summed E-state index contributed by atoms with van der Waals surface area (Å²) >= 11 is 0. The molecule has 0 spiro atoms. The summed E-state index contributed by atoms with van der Waals surface area (Å²) in [7, 11) is 0. The van der Waals surface area contributed by atoms with E-state index in [2.05, 4.69) is 27.0 Å². The maximum Gasteiger partial charge on any atom is 0.257 e. The number of aryl methyl sites for hydroxylation is 2. The summed E-state index contributed by atoms with van der Waals surface area (Å²) < 4.78 is 7.74. The van der Waals surface area contributed by atoms with Gasteiger partial charge < -0.3 is 14.6 Å². The number of ether oxygens (including phenoxy) is 1. The van der Waals surface area contributed by atoms with Gasteiger partial charge in [0.25, 0.3) is 5.91 Å². The predicted molar refractivity (Wildman–Crippen MR) is 106 cm³/mol. The zero-order valence-electron chi connectivity index (χ0n) is 15.8. The third-order valence-electron chi connectivity index (χ3n) is 4.37. The molecule has 0 saturated heterocycles. The average molecular weight is 363 g/mol. The average Bonchev–Trinajstić information content (AvgIpc) is 3.10. The SMILES string of the molecule is Cc1ccc(C)c(OCC(=O)NCCc2nccn2Cc2ccccc2)c1. The number of hydrogen-bond acceptors (Lipinski definition) is 3. The van der Waals surface area contributed by atoms with Gasteiger partial charge in [0, 0.05) is 31.9 Å². The summed E-state index contributed by atoms with van der Waals surface area (Å²) in [6.07, 6.45) is 4.44. The van der Waals surface area contributed by atoms with E-state index in [1.165, 1.54) is 5.56 Å². The Bertz CT molecular complexity index is 888. The van der Waals surface area contributed by atoms with Gasteiger partial charge in [0.15, 0.2) is 6.61 Å². The third kappa shape index (κ3) is 5.45. The van der Waals surface area contributed by atoms with Crippen molar-refractivity contribution in [2.75, 3.05) is 13.2 Å². The van der Waals surface area contributed by atoms with Crippen molar-refractivity contribution in [3.63, 3.8) is 0 Å². The number of hydrogen-bond donors (Lipinski definition) is 1. The van der Waals surface area contributed by atoms with Crippen molar-refractivity contribution in [1.29, 1.82) is 0 Å². The maximum atomic E-state index is 12.1. The Morgan fingerprint density at radius 3 is 2.78 bits per heavy atom. The highest BCUT2D eigenvalue weighted by molar-refractivity contribution is 5.77. The molecule has 1 heterocycles. The van der Waals surface area contributed by atoms with Gasteiger partial charge in [-0.25, -0.2) is 4.98 Å². The fraction of sp³-hybridized carbons (Fsp3) is 0.273. The van der Waals surface area contributed by atoms with Gasteiger partial charge in [0.2, 0.25) is 0 Å². The van der Waals surface area contributed by atoms with Crippen LogP contribution in [0.1, 0.15) is 22.5 Å². The third-order valence-corrected chi connectivity index (χ3v) is 4.37. The highest BCUT2D eigenvalue weighted by atomic mass is 16.5. The Morgan fingerprint density at radius 1 is 1.15 bits per heavy atom. The fourth-order valence-corrected chi connectivity index (χ4v) is 2.86. The topological polar surface area (TPSA) is 56.1 Å². The fourth-order valence-electron chi connectivity index (χ4n) is 2.86. The molecule has 1 aromatic heterocycles. The summed E-state index contributed by atoms with van der Waals surface area (Å²) in [5, 5.41) is 2.90. The zero-order chi connectivity index (χ0) is 19.1. The van der Waals surface area contributed by atoms with Crippen LogP contribution in [-0.4, -0.2) is 28.6 Å². The lowest BCUT2D eigenvalue weighted by molar-refractivity contribution is -0.123. The molecule has 0 saturated carbocycles. The molecule has 0 aliphatic heterocycles. The molecule has 1 amide bonds. The van der Waals surface area contributed by atoms with Gasteiger partial charge in [-0.3, -0.25) is 4.79 Å². The Morgan fingerprint density at radius 2 is 1.96 bits per heavy atom. The Kier molecular flexibility index (Phi) is 6.26. The number of benzene rings is 2. The first kappa shape index (κ1) is 18.7. The van der Waals surface area contributed by atoms with Gasteiger partial charge in [0.05, 0.1) is 0 Å². The summed E-state index contributed by atoms with van der Waals surface area (Å²) in [5.74, 6) is 1.58. The molecule has 27 heavy (non-hydrogen) atoms. The first-order valence-electron chi connectivity index (χ1n) is 9.12. The highest BCUT2D eigenvalue weighted by Crippen LogP contribution is 2.18. The minimum absolute atomic E-state index is 0.0166. The molecule has 5 heteroatoms. The van der Waals surface area contributed by atoms with Crippen molar-refractivity contribution in [2.24, 2.45) is 0 Å².